The second-order valence-corrected chi connectivity index (χ2v) is 4.35. The Bertz CT molecular complexity index is 328. The number of methoxy groups -OCH3 is 1. The monoisotopic (exact) mass is 236 g/mol. The first-order valence-corrected chi connectivity index (χ1v) is 6.23. The van der Waals surface area contributed by atoms with E-state index in [2.05, 4.69) is 36.9 Å². The van der Waals surface area contributed by atoms with Crippen molar-refractivity contribution in [1.29, 1.82) is 0 Å². The molecule has 0 saturated heterocycles. The highest BCUT2D eigenvalue weighted by molar-refractivity contribution is 5.26. The summed E-state index contributed by atoms with van der Waals surface area (Å²) in [6.45, 7) is 7.79. The van der Waals surface area contributed by atoms with Crippen molar-refractivity contribution in [1.82, 2.24) is 4.90 Å². The Morgan fingerprint density at radius 3 is 2.47 bits per heavy atom. The zero-order valence-corrected chi connectivity index (χ0v) is 11.1. The van der Waals surface area contributed by atoms with Crippen molar-refractivity contribution in [3.8, 4) is 0 Å². The number of nitrogens with zero attached hydrogens (tertiary/aromatic N) is 1. The van der Waals surface area contributed by atoms with Gasteiger partial charge in [0.05, 0.1) is 6.10 Å². The minimum absolute atomic E-state index is 0.264. The first kappa shape index (κ1) is 14.2. The van der Waals surface area contributed by atoms with Gasteiger partial charge in [-0.2, -0.15) is 0 Å². The summed E-state index contributed by atoms with van der Waals surface area (Å²) in [5.74, 6) is 0. The average Bonchev–Trinajstić information content (AvgIpc) is 2.38. The molecule has 17 heavy (non-hydrogen) atoms. The van der Waals surface area contributed by atoms with Crippen LogP contribution in [-0.4, -0.2) is 31.2 Å². The maximum atomic E-state index is 5.75. The van der Waals surface area contributed by atoms with Crippen LogP contribution in [0, 0.1) is 0 Å². The fourth-order valence-corrected chi connectivity index (χ4v) is 1.90. The third kappa shape index (κ3) is 4.46. The Kier molecular flexibility index (Phi) is 6.19. The van der Waals surface area contributed by atoms with Gasteiger partial charge in [-0.3, -0.25) is 4.90 Å². The molecule has 0 aromatic heterocycles. The Morgan fingerprint density at radius 2 is 1.94 bits per heavy atom. The second kappa shape index (κ2) is 7.43. The van der Waals surface area contributed by atoms with Gasteiger partial charge in [0.15, 0.2) is 0 Å². The molecule has 1 atom stereocenters. The van der Waals surface area contributed by atoms with Crippen LogP contribution < -0.4 is 5.73 Å². The van der Waals surface area contributed by atoms with E-state index in [0.717, 1.165) is 19.6 Å². The maximum absolute atomic E-state index is 5.75. The van der Waals surface area contributed by atoms with Gasteiger partial charge < -0.3 is 10.5 Å². The zero-order valence-electron chi connectivity index (χ0n) is 11.1. The molecule has 0 bridgehead atoms. The van der Waals surface area contributed by atoms with E-state index >= 15 is 0 Å². The fourth-order valence-electron chi connectivity index (χ4n) is 1.90. The van der Waals surface area contributed by atoms with Gasteiger partial charge in [0.1, 0.15) is 0 Å². The molecule has 0 aliphatic heterocycles. The van der Waals surface area contributed by atoms with Crippen molar-refractivity contribution >= 4 is 0 Å². The molecule has 0 fully saturated rings. The molecule has 1 aromatic carbocycles. The van der Waals surface area contributed by atoms with Crippen LogP contribution in [0.15, 0.2) is 24.3 Å². The lowest BCUT2D eigenvalue weighted by Crippen LogP contribution is -2.31. The number of ether oxygens (including phenoxy) is 1. The van der Waals surface area contributed by atoms with E-state index in [9.17, 15) is 0 Å². The molecule has 0 spiro atoms. The molecule has 0 radical (unpaired) electrons. The molecular weight excluding hydrogens is 212 g/mol. The number of hydrogen-bond acceptors (Lipinski definition) is 3. The van der Waals surface area contributed by atoms with Crippen molar-refractivity contribution in [3.63, 3.8) is 0 Å². The van der Waals surface area contributed by atoms with Gasteiger partial charge in [-0.25, -0.2) is 0 Å². The molecule has 0 heterocycles. The number of nitrogens with two attached hydrogens (primary N) is 1. The summed E-state index contributed by atoms with van der Waals surface area (Å²) in [5.41, 5.74) is 8.30. The highest BCUT2D eigenvalue weighted by Gasteiger charge is 2.10. The van der Waals surface area contributed by atoms with Gasteiger partial charge >= 0.3 is 0 Å². The van der Waals surface area contributed by atoms with E-state index in [0.29, 0.717) is 6.54 Å². The molecule has 0 aliphatic rings. The SMILES string of the molecule is CCN(Cc1ccccc1CN)CC(C)OC. The number of benzene rings is 1. The normalized spacial score (nSPS) is 13.0. The van der Waals surface area contributed by atoms with Crippen molar-refractivity contribution < 1.29 is 4.74 Å². The summed E-state index contributed by atoms with van der Waals surface area (Å²) in [6.07, 6.45) is 0.264. The summed E-state index contributed by atoms with van der Waals surface area (Å²) in [7, 11) is 1.76. The van der Waals surface area contributed by atoms with E-state index in [-0.39, 0.29) is 6.10 Å². The van der Waals surface area contributed by atoms with Crippen LogP contribution in [0.2, 0.25) is 0 Å². The van der Waals surface area contributed by atoms with Gasteiger partial charge in [-0.15, -0.1) is 0 Å². The van der Waals surface area contributed by atoms with Crippen molar-refractivity contribution in [2.24, 2.45) is 5.73 Å². The number of rotatable bonds is 7. The van der Waals surface area contributed by atoms with Crippen LogP contribution in [0.25, 0.3) is 0 Å². The van der Waals surface area contributed by atoms with Crippen molar-refractivity contribution in [3.05, 3.63) is 35.4 Å². The van der Waals surface area contributed by atoms with Gasteiger partial charge in [0, 0.05) is 26.7 Å². The molecule has 0 aliphatic carbocycles. The fraction of sp³-hybridized carbons (Fsp3) is 0.571. The summed E-state index contributed by atoms with van der Waals surface area (Å²) < 4.78 is 5.31. The zero-order chi connectivity index (χ0) is 12.7. The van der Waals surface area contributed by atoms with Crippen molar-refractivity contribution in [2.75, 3.05) is 20.2 Å². The topological polar surface area (TPSA) is 38.5 Å². The average molecular weight is 236 g/mol. The number of likely N-dealkylation sites (N-methyl/N-ethyl adjacent to an activating group) is 1. The summed E-state index contributed by atoms with van der Waals surface area (Å²) in [5, 5.41) is 0. The number of hydrogen-bond donors (Lipinski definition) is 1. The predicted molar refractivity (Wildman–Crippen MR) is 71.8 cm³/mol. The summed E-state index contributed by atoms with van der Waals surface area (Å²) in [4.78, 5) is 2.38. The molecule has 2 N–H and O–H groups in total. The van der Waals surface area contributed by atoms with Crippen molar-refractivity contribution in [2.45, 2.75) is 33.0 Å². The van der Waals surface area contributed by atoms with Crippen LogP contribution in [0.1, 0.15) is 25.0 Å². The highest BCUT2D eigenvalue weighted by atomic mass is 16.5. The lowest BCUT2D eigenvalue weighted by Gasteiger charge is -2.24. The van der Waals surface area contributed by atoms with Crippen LogP contribution in [0.4, 0.5) is 0 Å². The third-order valence-corrected chi connectivity index (χ3v) is 3.10. The van der Waals surface area contributed by atoms with Gasteiger partial charge in [0.25, 0.3) is 0 Å². The smallest absolute Gasteiger partial charge is 0.0670 e. The molecule has 3 nitrogen and oxygen atoms in total. The quantitative estimate of drug-likeness (QED) is 0.787. The second-order valence-electron chi connectivity index (χ2n) is 4.35. The summed E-state index contributed by atoms with van der Waals surface area (Å²) in [6, 6.07) is 8.37. The van der Waals surface area contributed by atoms with Gasteiger partial charge in [-0.05, 0) is 24.6 Å². The predicted octanol–water partition coefficient (Wildman–Crippen LogP) is 2.00. The van der Waals surface area contributed by atoms with Crippen LogP contribution in [0.5, 0.6) is 0 Å². The van der Waals surface area contributed by atoms with Crippen LogP contribution in [0.3, 0.4) is 0 Å². The molecule has 96 valence electrons. The molecule has 0 saturated carbocycles. The van der Waals surface area contributed by atoms with Gasteiger partial charge in [-0.1, -0.05) is 31.2 Å². The molecule has 1 unspecified atom stereocenters. The standard InChI is InChI=1S/C14H24N2O/c1-4-16(10-12(2)17-3)11-14-8-6-5-7-13(14)9-15/h5-8,12H,4,9-11,15H2,1-3H3. The minimum Gasteiger partial charge on any atom is -0.380 e. The summed E-state index contributed by atoms with van der Waals surface area (Å²) >= 11 is 0. The highest BCUT2D eigenvalue weighted by Crippen LogP contribution is 2.11. The molecule has 1 aromatic rings. The Labute approximate surface area is 105 Å². The van der Waals surface area contributed by atoms with E-state index in [4.69, 9.17) is 10.5 Å². The van der Waals surface area contributed by atoms with Crippen LogP contribution in [-0.2, 0) is 17.8 Å². The third-order valence-electron chi connectivity index (χ3n) is 3.10. The minimum atomic E-state index is 0.264. The first-order chi connectivity index (χ1) is 8.21. The molecular formula is C14H24N2O. The van der Waals surface area contributed by atoms with E-state index in [1.54, 1.807) is 7.11 Å². The maximum Gasteiger partial charge on any atom is 0.0670 e. The molecule has 3 heteroatoms. The Hall–Kier alpha value is -0.900. The first-order valence-electron chi connectivity index (χ1n) is 6.23. The molecule has 0 amide bonds. The largest absolute Gasteiger partial charge is 0.380 e. The molecule has 1 rings (SSSR count). The Balaban J connectivity index is 2.66. The Morgan fingerprint density at radius 1 is 1.29 bits per heavy atom. The van der Waals surface area contributed by atoms with E-state index in [1.165, 1.54) is 11.1 Å². The van der Waals surface area contributed by atoms with E-state index < -0.39 is 0 Å². The van der Waals surface area contributed by atoms with Crippen LogP contribution >= 0.6 is 0 Å². The lowest BCUT2D eigenvalue weighted by atomic mass is 10.1. The van der Waals surface area contributed by atoms with Gasteiger partial charge in [0.2, 0.25) is 0 Å². The lowest BCUT2D eigenvalue weighted by molar-refractivity contribution is 0.0762. The van der Waals surface area contributed by atoms with E-state index in [1.807, 2.05) is 6.07 Å².